The number of aliphatic hydroxyl groups is 5. The number of nitrogens with zero attached hydrogens (tertiary/aromatic N) is 1. The molecule has 0 aromatic rings. The average molecular weight is 916 g/mol. The van der Waals surface area contributed by atoms with Gasteiger partial charge in [0.05, 0.1) is 55.2 Å². The van der Waals surface area contributed by atoms with E-state index >= 15 is 0 Å². The van der Waals surface area contributed by atoms with E-state index in [1.54, 1.807) is 54.8 Å². The number of likely N-dealkylation sites (N-methyl/N-ethyl adjacent to an activating group) is 1. The molecule has 21 unspecified atom stereocenters. The molecule has 4 aliphatic rings. The zero-order valence-electron chi connectivity index (χ0n) is 40.4. The van der Waals surface area contributed by atoms with Crippen LogP contribution in [0, 0.1) is 29.6 Å². The van der Waals surface area contributed by atoms with Crippen molar-refractivity contribution < 1.29 is 77.8 Å². The highest BCUT2D eigenvalue weighted by Gasteiger charge is 2.51. The van der Waals surface area contributed by atoms with Crippen molar-refractivity contribution in [2.24, 2.45) is 29.6 Å². The zero-order valence-corrected chi connectivity index (χ0v) is 40.4. The summed E-state index contributed by atoms with van der Waals surface area (Å²) in [5.74, 6) is -3.33. The number of hydrogen-bond acceptors (Lipinski definition) is 17. The lowest BCUT2D eigenvalue weighted by atomic mass is 9.79. The lowest BCUT2D eigenvalue weighted by Gasteiger charge is -2.50. The van der Waals surface area contributed by atoms with Gasteiger partial charge >= 0.3 is 5.97 Å². The fourth-order valence-electron chi connectivity index (χ4n) is 9.71. The molecule has 64 heavy (non-hydrogen) atoms. The molecule has 0 saturated carbocycles. The zero-order chi connectivity index (χ0) is 47.8. The number of ether oxygens (including phenoxy) is 9. The Balaban J connectivity index is 1.62. The Kier molecular flexibility index (Phi) is 20.8. The van der Waals surface area contributed by atoms with Crippen LogP contribution in [-0.4, -0.2) is 181 Å². The third-order valence-electron chi connectivity index (χ3n) is 14.1. The van der Waals surface area contributed by atoms with Gasteiger partial charge in [-0.2, -0.15) is 0 Å². The second-order valence-electron chi connectivity index (χ2n) is 19.2. The number of cyclic esters (lactones) is 1. The SMILES string of the molecule is CCC1OC(=O)CC(O)C(C)C(OC2OC(C)C(OC3CC(C)(O)C(C)C(C)O3)C(N(C)C)C2O)C(CCO)CC(C)C(=O)/C=C/C(C)=C/C1COC1OC(C)C(O)C(OC)C1OC. The Hall–Kier alpha value is -1.94. The quantitative estimate of drug-likeness (QED) is 0.168. The van der Waals surface area contributed by atoms with E-state index in [2.05, 4.69) is 0 Å². The number of esters is 1. The van der Waals surface area contributed by atoms with E-state index in [0.29, 0.717) is 12.0 Å². The number of rotatable bonds is 13. The summed E-state index contributed by atoms with van der Waals surface area (Å²) < 4.78 is 55.3. The topological polar surface area (TPSA) is 222 Å². The first kappa shape index (κ1) is 54.7. The second kappa shape index (κ2) is 24.4. The Morgan fingerprint density at radius 3 is 2.09 bits per heavy atom. The van der Waals surface area contributed by atoms with Crippen molar-refractivity contribution in [2.45, 2.75) is 192 Å². The van der Waals surface area contributed by atoms with Crippen molar-refractivity contribution in [1.82, 2.24) is 4.90 Å². The maximum Gasteiger partial charge on any atom is 0.308 e. The van der Waals surface area contributed by atoms with Gasteiger partial charge in [0, 0.05) is 50.9 Å². The van der Waals surface area contributed by atoms with Crippen molar-refractivity contribution in [2.75, 3.05) is 41.5 Å². The number of carbonyl (C=O) groups excluding carboxylic acids is 2. The summed E-state index contributed by atoms with van der Waals surface area (Å²) in [6.45, 7) is 16.1. The molecule has 3 saturated heterocycles. The predicted octanol–water partition coefficient (Wildman–Crippen LogP) is 2.90. The van der Waals surface area contributed by atoms with Crippen LogP contribution in [0.25, 0.3) is 0 Å². The number of allylic oxidation sites excluding steroid dienone is 3. The molecular formula is C47H81NO16. The van der Waals surface area contributed by atoms with Crippen LogP contribution in [0.4, 0.5) is 0 Å². The van der Waals surface area contributed by atoms with E-state index in [9.17, 15) is 35.1 Å². The van der Waals surface area contributed by atoms with Crippen molar-refractivity contribution >= 4 is 11.8 Å². The molecule has 0 aliphatic carbocycles. The molecule has 4 aliphatic heterocycles. The molecular weight excluding hydrogens is 835 g/mol. The van der Waals surface area contributed by atoms with Gasteiger partial charge in [0.2, 0.25) is 0 Å². The number of ketones is 1. The largest absolute Gasteiger partial charge is 0.462 e. The van der Waals surface area contributed by atoms with E-state index in [0.717, 1.165) is 0 Å². The smallest absolute Gasteiger partial charge is 0.308 e. The molecule has 5 N–H and O–H groups in total. The fraction of sp³-hybridized carbons (Fsp3) is 0.872. The molecule has 0 aromatic carbocycles. The van der Waals surface area contributed by atoms with Crippen LogP contribution in [0.3, 0.4) is 0 Å². The third-order valence-corrected chi connectivity index (χ3v) is 14.1. The third kappa shape index (κ3) is 13.6. The van der Waals surface area contributed by atoms with E-state index in [1.165, 1.54) is 20.3 Å². The van der Waals surface area contributed by atoms with Gasteiger partial charge in [-0.05, 0) is 80.0 Å². The molecule has 0 aromatic heterocycles. The molecule has 3 fully saturated rings. The Morgan fingerprint density at radius 2 is 1.50 bits per heavy atom. The van der Waals surface area contributed by atoms with Crippen LogP contribution in [0.1, 0.15) is 94.4 Å². The summed E-state index contributed by atoms with van der Waals surface area (Å²) in [5.41, 5.74) is -0.326. The minimum Gasteiger partial charge on any atom is -0.462 e. The van der Waals surface area contributed by atoms with Gasteiger partial charge in [0.1, 0.15) is 36.6 Å². The van der Waals surface area contributed by atoms with Crippen LogP contribution in [0.5, 0.6) is 0 Å². The predicted molar refractivity (Wildman–Crippen MR) is 235 cm³/mol. The summed E-state index contributed by atoms with van der Waals surface area (Å²) in [6.07, 6.45) is -6.11. The van der Waals surface area contributed by atoms with Gasteiger partial charge in [-0.1, -0.05) is 45.4 Å². The van der Waals surface area contributed by atoms with Crippen molar-refractivity contribution in [3.63, 3.8) is 0 Å². The number of carbonyl (C=O) groups is 2. The Labute approximate surface area is 380 Å². The average Bonchev–Trinajstić information content (AvgIpc) is 3.23. The van der Waals surface area contributed by atoms with Crippen LogP contribution in [0.15, 0.2) is 23.8 Å². The van der Waals surface area contributed by atoms with Gasteiger partial charge < -0.3 is 73.1 Å². The van der Waals surface area contributed by atoms with E-state index < -0.39 is 128 Å². The summed E-state index contributed by atoms with van der Waals surface area (Å²) in [6, 6.07) is -0.666. The lowest BCUT2D eigenvalue weighted by molar-refractivity contribution is -0.338. The van der Waals surface area contributed by atoms with Crippen molar-refractivity contribution in [1.29, 1.82) is 0 Å². The number of aliphatic hydroxyl groups excluding tert-OH is 4. The molecule has 4 rings (SSSR count). The minimum absolute atomic E-state index is 0.0115. The highest BCUT2D eigenvalue weighted by molar-refractivity contribution is 5.91. The molecule has 0 amide bonds. The van der Waals surface area contributed by atoms with Crippen molar-refractivity contribution in [3.8, 4) is 0 Å². The summed E-state index contributed by atoms with van der Waals surface area (Å²) in [7, 11) is 6.56. The maximum atomic E-state index is 13.8. The standard InChI is InChI=1S/C47H81NO16/c1-14-35-32(23-58-46-44(57-13)43(56-12)39(53)29(7)60-46)19-24(2)15-16-33(50)25(3)20-31(17-18-49)41(26(4)34(51)21-36(52)62-35)64-45-40(54)38(48(10)11)42(30(8)61-45)63-37-22-47(9,55)27(5)28(6)59-37/h15-16,19,25-32,34-35,37-46,49,51,53-55H,14,17-18,20-23H2,1-13H3/b16-15+,24-19+. The van der Waals surface area contributed by atoms with Gasteiger partial charge in [0.15, 0.2) is 24.7 Å². The first-order valence-electron chi connectivity index (χ1n) is 23.2. The molecule has 21 atom stereocenters. The number of methoxy groups -OCH3 is 2. The van der Waals surface area contributed by atoms with Crippen LogP contribution >= 0.6 is 0 Å². The van der Waals surface area contributed by atoms with Crippen molar-refractivity contribution in [3.05, 3.63) is 23.8 Å². The molecule has 17 nitrogen and oxygen atoms in total. The second-order valence-corrected chi connectivity index (χ2v) is 19.2. The van der Waals surface area contributed by atoms with Gasteiger partial charge in [-0.25, -0.2) is 0 Å². The van der Waals surface area contributed by atoms with Crippen LogP contribution < -0.4 is 0 Å². The van der Waals surface area contributed by atoms with Gasteiger partial charge in [-0.3, -0.25) is 9.59 Å². The molecule has 4 heterocycles. The van der Waals surface area contributed by atoms with Gasteiger partial charge in [-0.15, -0.1) is 0 Å². The summed E-state index contributed by atoms with van der Waals surface area (Å²) in [4.78, 5) is 29.4. The highest BCUT2D eigenvalue weighted by Crippen LogP contribution is 2.39. The number of hydrogen-bond donors (Lipinski definition) is 5. The maximum absolute atomic E-state index is 13.8. The van der Waals surface area contributed by atoms with E-state index in [-0.39, 0.29) is 50.3 Å². The molecule has 0 bridgehead atoms. The monoisotopic (exact) mass is 916 g/mol. The van der Waals surface area contributed by atoms with Crippen LogP contribution in [0.2, 0.25) is 0 Å². The summed E-state index contributed by atoms with van der Waals surface area (Å²) in [5, 5.41) is 56.0. The first-order chi connectivity index (χ1) is 30.1. The molecule has 17 heteroatoms. The lowest BCUT2D eigenvalue weighted by Crippen LogP contribution is -2.65. The fourth-order valence-corrected chi connectivity index (χ4v) is 9.71. The minimum atomic E-state index is -1.31. The molecule has 0 radical (unpaired) electrons. The summed E-state index contributed by atoms with van der Waals surface area (Å²) >= 11 is 0. The van der Waals surface area contributed by atoms with E-state index in [1.807, 2.05) is 38.7 Å². The van der Waals surface area contributed by atoms with Crippen LogP contribution in [-0.2, 0) is 52.2 Å². The molecule has 370 valence electrons. The molecule has 0 spiro atoms. The first-order valence-corrected chi connectivity index (χ1v) is 23.2. The Morgan fingerprint density at radius 1 is 0.844 bits per heavy atom. The normalized spacial score (nSPS) is 46.0. The highest BCUT2D eigenvalue weighted by atomic mass is 16.7. The van der Waals surface area contributed by atoms with Gasteiger partial charge in [0.25, 0.3) is 0 Å². The van der Waals surface area contributed by atoms with E-state index in [4.69, 9.17) is 42.6 Å². The Bertz CT molecular complexity index is 1530.